The number of nitrogens with zero attached hydrogens (tertiary/aromatic N) is 2. The van der Waals surface area contributed by atoms with Gasteiger partial charge in [-0.05, 0) is 27.7 Å². The summed E-state index contributed by atoms with van der Waals surface area (Å²) in [7, 11) is 0. The van der Waals surface area contributed by atoms with Gasteiger partial charge in [0.15, 0.2) is 0 Å². The number of carboxylic acid groups (broad SMARTS) is 1. The van der Waals surface area contributed by atoms with Crippen molar-refractivity contribution in [2.45, 2.75) is 45.4 Å². The van der Waals surface area contributed by atoms with Crippen LogP contribution >= 0.6 is 0 Å². The lowest BCUT2D eigenvalue weighted by atomic mass is 10.1. The molecule has 0 spiro atoms. The molecule has 0 aliphatic carbocycles. The number of aromatic nitrogens is 2. The molecule has 2 atom stereocenters. The zero-order chi connectivity index (χ0) is 14.6. The van der Waals surface area contributed by atoms with Gasteiger partial charge in [0.05, 0.1) is 12.4 Å². The fourth-order valence-corrected chi connectivity index (χ4v) is 1.51. The molecule has 0 aromatic carbocycles. The summed E-state index contributed by atoms with van der Waals surface area (Å²) in [6, 6.07) is -1.57. The van der Waals surface area contributed by atoms with E-state index in [-0.39, 0.29) is 0 Å². The highest BCUT2D eigenvalue weighted by atomic mass is 16.6. The number of nitrogens with one attached hydrogen (secondary N) is 1. The van der Waals surface area contributed by atoms with Gasteiger partial charge in [0.2, 0.25) is 0 Å². The number of carboxylic acids is 1. The summed E-state index contributed by atoms with van der Waals surface area (Å²) < 4.78 is 6.65. The number of imidazole rings is 1. The molecule has 0 fully saturated rings. The van der Waals surface area contributed by atoms with Gasteiger partial charge in [-0.15, -0.1) is 0 Å². The Bertz CT molecular complexity index is 436. The molecule has 0 aliphatic rings. The summed E-state index contributed by atoms with van der Waals surface area (Å²) in [6.45, 7) is 6.81. The Balaban J connectivity index is 2.74. The van der Waals surface area contributed by atoms with Gasteiger partial charge >= 0.3 is 12.1 Å². The number of rotatable bonds is 4. The number of carbonyl (C=O) groups is 2. The van der Waals surface area contributed by atoms with Crippen molar-refractivity contribution in [2.24, 2.45) is 0 Å². The number of alkyl carbamates (subject to hydrolysis) is 1. The Morgan fingerprint density at radius 2 is 2.05 bits per heavy atom. The lowest BCUT2D eigenvalue weighted by Gasteiger charge is -2.25. The van der Waals surface area contributed by atoms with Crippen LogP contribution in [0.15, 0.2) is 18.7 Å². The normalized spacial score (nSPS) is 14.5. The maximum atomic E-state index is 11.6. The standard InChI is InChI=1S/C12H19N3O4/c1-8(15-6-5-13-7-15)9(10(16)17)14-11(18)19-12(2,3)4/h5-9H,1-4H3,(H,14,18)(H,16,17). The third-order valence-corrected chi connectivity index (χ3v) is 2.42. The van der Waals surface area contributed by atoms with E-state index in [1.165, 1.54) is 6.33 Å². The van der Waals surface area contributed by atoms with Crippen molar-refractivity contribution in [2.75, 3.05) is 0 Å². The fourth-order valence-electron chi connectivity index (χ4n) is 1.51. The van der Waals surface area contributed by atoms with Crippen molar-refractivity contribution in [1.82, 2.24) is 14.9 Å². The van der Waals surface area contributed by atoms with E-state index >= 15 is 0 Å². The Morgan fingerprint density at radius 3 is 2.47 bits per heavy atom. The maximum Gasteiger partial charge on any atom is 0.408 e. The van der Waals surface area contributed by atoms with Crippen molar-refractivity contribution >= 4 is 12.1 Å². The second kappa shape index (κ2) is 5.73. The zero-order valence-electron chi connectivity index (χ0n) is 11.5. The number of hydrogen-bond acceptors (Lipinski definition) is 4. The molecule has 0 radical (unpaired) electrons. The van der Waals surface area contributed by atoms with Crippen molar-refractivity contribution in [1.29, 1.82) is 0 Å². The van der Waals surface area contributed by atoms with Crippen molar-refractivity contribution in [3.63, 3.8) is 0 Å². The summed E-state index contributed by atoms with van der Waals surface area (Å²) in [5.41, 5.74) is -0.675. The first-order valence-corrected chi connectivity index (χ1v) is 5.90. The van der Waals surface area contributed by atoms with Gasteiger partial charge in [0.25, 0.3) is 0 Å². The van der Waals surface area contributed by atoms with Gasteiger partial charge < -0.3 is 19.7 Å². The zero-order valence-corrected chi connectivity index (χ0v) is 11.5. The Kier molecular flexibility index (Phi) is 4.52. The molecule has 7 nitrogen and oxygen atoms in total. The fraction of sp³-hybridized carbons (Fsp3) is 0.583. The number of ether oxygens (including phenoxy) is 1. The molecule has 0 aliphatic heterocycles. The summed E-state index contributed by atoms with van der Waals surface area (Å²) >= 11 is 0. The Labute approximate surface area is 111 Å². The van der Waals surface area contributed by atoms with Crippen LogP contribution in [0, 0.1) is 0 Å². The summed E-state index contributed by atoms with van der Waals surface area (Å²) in [5.74, 6) is -1.13. The quantitative estimate of drug-likeness (QED) is 0.862. The van der Waals surface area contributed by atoms with E-state index < -0.39 is 29.7 Å². The SMILES string of the molecule is CC(C(NC(=O)OC(C)(C)C)C(=O)O)n1ccnc1. The maximum absolute atomic E-state index is 11.6. The topological polar surface area (TPSA) is 93.5 Å². The molecule has 2 N–H and O–H groups in total. The largest absolute Gasteiger partial charge is 0.480 e. The van der Waals surface area contributed by atoms with Gasteiger partial charge in [-0.2, -0.15) is 0 Å². The van der Waals surface area contributed by atoms with Gasteiger partial charge in [0, 0.05) is 12.4 Å². The smallest absolute Gasteiger partial charge is 0.408 e. The molecule has 2 unspecified atom stereocenters. The van der Waals surface area contributed by atoms with Crippen LogP contribution in [0.1, 0.15) is 33.7 Å². The number of carbonyl (C=O) groups excluding carboxylic acids is 1. The van der Waals surface area contributed by atoms with Gasteiger partial charge in [-0.1, -0.05) is 0 Å². The highest BCUT2D eigenvalue weighted by Gasteiger charge is 2.29. The third-order valence-electron chi connectivity index (χ3n) is 2.42. The first kappa shape index (κ1) is 15.0. The average molecular weight is 269 g/mol. The van der Waals surface area contributed by atoms with E-state index in [1.54, 1.807) is 44.7 Å². The van der Waals surface area contributed by atoms with Crippen molar-refractivity contribution in [3.8, 4) is 0 Å². The van der Waals surface area contributed by atoms with Crippen LogP contribution in [-0.4, -0.2) is 38.4 Å². The van der Waals surface area contributed by atoms with Crippen LogP contribution in [0.2, 0.25) is 0 Å². The van der Waals surface area contributed by atoms with Crippen molar-refractivity contribution in [3.05, 3.63) is 18.7 Å². The summed E-state index contributed by atoms with van der Waals surface area (Å²) in [6.07, 6.45) is 3.92. The molecule has 0 bridgehead atoms. The van der Waals surface area contributed by atoms with Crippen LogP contribution in [0.3, 0.4) is 0 Å². The van der Waals surface area contributed by atoms with Gasteiger partial charge in [0.1, 0.15) is 11.6 Å². The second-order valence-electron chi connectivity index (χ2n) is 5.21. The molecule has 1 heterocycles. The highest BCUT2D eigenvalue weighted by Crippen LogP contribution is 2.13. The van der Waals surface area contributed by atoms with Gasteiger partial charge in [-0.25, -0.2) is 14.6 Å². The van der Waals surface area contributed by atoms with E-state index in [0.29, 0.717) is 0 Å². The molecular formula is C12H19N3O4. The first-order chi connectivity index (χ1) is 8.70. The molecule has 1 rings (SSSR count). The molecule has 19 heavy (non-hydrogen) atoms. The number of amides is 1. The van der Waals surface area contributed by atoms with E-state index in [2.05, 4.69) is 10.3 Å². The molecule has 1 aromatic heterocycles. The lowest BCUT2D eigenvalue weighted by Crippen LogP contribution is -2.47. The minimum Gasteiger partial charge on any atom is -0.480 e. The van der Waals surface area contributed by atoms with Crippen LogP contribution in [0.4, 0.5) is 4.79 Å². The molecule has 7 heteroatoms. The molecule has 106 valence electrons. The predicted molar refractivity (Wildman–Crippen MR) is 67.7 cm³/mol. The Morgan fingerprint density at radius 1 is 1.42 bits per heavy atom. The lowest BCUT2D eigenvalue weighted by molar-refractivity contribution is -0.140. The molecular weight excluding hydrogens is 250 g/mol. The highest BCUT2D eigenvalue weighted by molar-refractivity contribution is 5.80. The summed E-state index contributed by atoms with van der Waals surface area (Å²) in [5, 5.41) is 11.5. The van der Waals surface area contributed by atoms with Crippen molar-refractivity contribution < 1.29 is 19.4 Å². The monoisotopic (exact) mass is 269 g/mol. The van der Waals surface area contributed by atoms with E-state index in [4.69, 9.17) is 4.74 Å². The van der Waals surface area contributed by atoms with Crippen LogP contribution in [0.25, 0.3) is 0 Å². The molecule has 1 aromatic rings. The minimum absolute atomic E-state index is 0.479. The van der Waals surface area contributed by atoms with Crippen LogP contribution < -0.4 is 5.32 Å². The van der Waals surface area contributed by atoms with Gasteiger partial charge in [-0.3, -0.25) is 0 Å². The third kappa shape index (κ3) is 4.61. The number of aliphatic carboxylic acids is 1. The number of hydrogen-bond donors (Lipinski definition) is 2. The molecule has 0 saturated carbocycles. The Hall–Kier alpha value is -2.05. The van der Waals surface area contributed by atoms with Crippen LogP contribution in [0.5, 0.6) is 0 Å². The molecule has 0 saturated heterocycles. The van der Waals surface area contributed by atoms with E-state index in [9.17, 15) is 14.7 Å². The summed E-state index contributed by atoms with van der Waals surface area (Å²) in [4.78, 5) is 26.7. The average Bonchev–Trinajstić information content (AvgIpc) is 2.75. The van der Waals surface area contributed by atoms with E-state index in [0.717, 1.165) is 0 Å². The predicted octanol–water partition coefficient (Wildman–Crippen LogP) is 1.42. The first-order valence-electron chi connectivity index (χ1n) is 5.90. The van der Waals surface area contributed by atoms with Crippen LogP contribution in [-0.2, 0) is 9.53 Å². The minimum atomic E-state index is -1.13. The van der Waals surface area contributed by atoms with E-state index in [1.807, 2.05) is 0 Å². The molecule has 1 amide bonds. The second-order valence-corrected chi connectivity index (χ2v) is 5.21.